The van der Waals surface area contributed by atoms with Crippen LogP contribution in [0.15, 0.2) is 24.8 Å². The molecule has 0 aromatic heterocycles. The molecular formula is C9H17N. The highest BCUT2D eigenvalue weighted by atomic mass is 15.1. The number of hydrogen-bond acceptors (Lipinski definition) is 1. The Morgan fingerprint density at radius 1 is 1.30 bits per heavy atom. The van der Waals surface area contributed by atoms with Crippen LogP contribution in [0.4, 0.5) is 0 Å². The highest BCUT2D eigenvalue weighted by Gasteiger charge is 1.91. The lowest BCUT2D eigenvalue weighted by Crippen LogP contribution is -2.22. The van der Waals surface area contributed by atoms with E-state index in [1.165, 1.54) is 0 Å². The molecule has 0 spiro atoms. The minimum Gasteiger partial charge on any atom is -0.300 e. The molecule has 0 aromatic carbocycles. The molecule has 1 nitrogen and oxygen atoms in total. The van der Waals surface area contributed by atoms with E-state index in [0.29, 0.717) is 0 Å². The second-order valence-corrected chi connectivity index (χ2v) is 2.15. The van der Waals surface area contributed by atoms with E-state index in [-0.39, 0.29) is 0 Å². The minimum absolute atomic E-state index is 1.04. The van der Waals surface area contributed by atoms with E-state index in [1.807, 2.05) is 12.2 Å². The first-order chi connectivity index (χ1) is 4.85. The fourth-order valence-corrected chi connectivity index (χ4v) is 0.788. The quantitative estimate of drug-likeness (QED) is 0.527. The number of likely N-dealkylation sites (N-methyl/N-ethyl adjacent to an activating group) is 1. The molecule has 1 heteroatoms. The van der Waals surface area contributed by atoms with Crippen molar-refractivity contribution in [3.8, 4) is 0 Å². The van der Waals surface area contributed by atoms with Gasteiger partial charge in [-0.05, 0) is 13.1 Å². The Balaban J connectivity index is 3.43. The number of allylic oxidation sites excluding steroid dienone is 2. The number of nitrogens with zero attached hydrogens (tertiary/aromatic N) is 1. The van der Waals surface area contributed by atoms with Crippen LogP contribution < -0.4 is 0 Å². The van der Waals surface area contributed by atoms with Gasteiger partial charge in [-0.25, -0.2) is 0 Å². The average Bonchev–Trinajstić information content (AvgIpc) is 1.99. The van der Waals surface area contributed by atoms with Gasteiger partial charge in [0.05, 0.1) is 0 Å². The van der Waals surface area contributed by atoms with Gasteiger partial charge >= 0.3 is 0 Å². The first-order valence-electron chi connectivity index (χ1n) is 3.85. The average molecular weight is 139 g/mol. The molecule has 0 rings (SSSR count). The van der Waals surface area contributed by atoms with Gasteiger partial charge in [0, 0.05) is 6.54 Å². The fourth-order valence-electron chi connectivity index (χ4n) is 0.788. The zero-order valence-electron chi connectivity index (χ0n) is 7.01. The molecular weight excluding hydrogens is 122 g/mol. The lowest BCUT2D eigenvalue weighted by molar-refractivity contribution is 0.337. The monoisotopic (exact) mass is 139 g/mol. The Hall–Kier alpha value is -0.560. The highest BCUT2D eigenvalue weighted by molar-refractivity contribution is 4.98. The van der Waals surface area contributed by atoms with Gasteiger partial charge in [0.2, 0.25) is 0 Å². The molecule has 0 fully saturated rings. The largest absolute Gasteiger partial charge is 0.300 e. The Morgan fingerprint density at radius 2 is 1.90 bits per heavy atom. The fraction of sp³-hybridized carbons (Fsp3) is 0.556. The molecule has 0 aliphatic rings. The van der Waals surface area contributed by atoms with Gasteiger partial charge in [-0.15, -0.1) is 0 Å². The Morgan fingerprint density at radius 3 is 2.30 bits per heavy atom. The topological polar surface area (TPSA) is 3.24 Å². The van der Waals surface area contributed by atoms with Crippen molar-refractivity contribution in [3.63, 3.8) is 0 Å². The van der Waals surface area contributed by atoms with Crippen LogP contribution in [-0.2, 0) is 0 Å². The van der Waals surface area contributed by atoms with E-state index >= 15 is 0 Å². The summed E-state index contributed by atoms with van der Waals surface area (Å²) in [4.78, 5) is 2.35. The predicted octanol–water partition coefficient (Wildman–Crippen LogP) is 2.07. The summed E-state index contributed by atoms with van der Waals surface area (Å²) in [5, 5.41) is 0. The van der Waals surface area contributed by atoms with E-state index in [2.05, 4.69) is 31.4 Å². The van der Waals surface area contributed by atoms with Crippen LogP contribution in [0.5, 0.6) is 0 Å². The molecule has 0 bridgehead atoms. The van der Waals surface area contributed by atoms with Crippen molar-refractivity contribution in [1.82, 2.24) is 4.90 Å². The first kappa shape index (κ1) is 9.44. The Labute approximate surface area is 64.0 Å². The summed E-state index contributed by atoms with van der Waals surface area (Å²) in [5.74, 6) is 0. The lowest BCUT2D eigenvalue weighted by Gasteiger charge is -2.14. The van der Waals surface area contributed by atoms with E-state index in [0.717, 1.165) is 19.6 Å². The van der Waals surface area contributed by atoms with Gasteiger partial charge in [0.1, 0.15) is 0 Å². The Kier molecular flexibility index (Phi) is 6.19. The van der Waals surface area contributed by atoms with Gasteiger partial charge in [0.25, 0.3) is 0 Å². The first-order valence-corrected chi connectivity index (χ1v) is 3.85. The molecule has 0 amide bonds. The summed E-state index contributed by atoms with van der Waals surface area (Å²) in [6.07, 6.45) is 5.92. The summed E-state index contributed by atoms with van der Waals surface area (Å²) in [6, 6.07) is 0. The molecule has 0 N–H and O–H groups in total. The molecule has 0 aliphatic carbocycles. The van der Waals surface area contributed by atoms with Crippen molar-refractivity contribution in [3.05, 3.63) is 24.8 Å². The van der Waals surface area contributed by atoms with Gasteiger partial charge in [-0.3, -0.25) is 0 Å². The smallest absolute Gasteiger partial charge is 0.0166 e. The zero-order chi connectivity index (χ0) is 7.82. The van der Waals surface area contributed by atoms with Crippen molar-refractivity contribution in [2.45, 2.75) is 13.8 Å². The maximum Gasteiger partial charge on any atom is 0.0166 e. The molecule has 0 aliphatic heterocycles. The van der Waals surface area contributed by atoms with Crippen LogP contribution in [0.3, 0.4) is 0 Å². The lowest BCUT2D eigenvalue weighted by atomic mass is 10.4. The molecule has 0 radical (unpaired) electrons. The van der Waals surface area contributed by atoms with Crippen LogP contribution in [0.25, 0.3) is 0 Å². The maximum atomic E-state index is 3.60. The molecule has 0 saturated carbocycles. The highest BCUT2D eigenvalue weighted by Crippen LogP contribution is 1.86. The predicted molar refractivity (Wildman–Crippen MR) is 47.1 cm³/mol. The van der Waals surface area contributed by atoms with Gasteiger partial charge < -0.3 is 4.90 Å². The van der Waals surface area contributed by atoms with Crippen molar-refractivity contribution in [1.29, 1.82) is 0 Å². The van der Waals surface area contributed by atoms with Crippen molar-refractivity contribution in [2.75, 3.05) is 19.6 Å². The standard InChI is InChI=1S/C9H17N/c1-4-7-8-9-10(5-2)6-3/h4,7-8H,1,5-6,9H2,2-3H3. The summed E-state index contributed by atoms with van der Waals surface area (Å²) < 4.78 is 0. The number of rotatable bonds is 5. The SMILES string of the molecule is C=CC=CCN(CC)CC. The number of hydrogen-bond donors (Lipinski definition) is 0. The molecule has 0 heterocycles. The third kappa shape index (κ3) is 4.33. The van der Waals surface area contributed by atoms with Gasteiger partial charge in [0.15, 0.2) is 0 Å². The summed E-state index contributed by atoms with van der Waals surface area (Å²) in [6.45, 7) is 11.2. The summed E-state index contributed by atoms with van der Waals surface area (Å²) >= 11 is 0. The van der Waals surface area contributed by atoms with Crippen LogP contribution in [-0.4, -0.2) is 24.5 Å². The van der Waals surface area contributed by atoms with Crippen molar-refractivity contribution in [2.24, 2.45) is 0 Å². The van der Waals surface area contributed by atoms with E-state index < -0.39 is 0 Å². The van der Waals surface area contributed by atoms with Crippen LogP contribution in [0, 0.1) is 0 Å². The molecule has 10 heavy (non-hydrogen) atoms. The van der Waals surface area contributed by atoms with Crippen LogP contribution in [0.1, 0.15) is 13.8 Å². The van der Waals surface area contributed by atoms with Crippen LogP contribution >= 0.6 is 0 Å². The van der Waals surface area contributed by atoms with E-state index in [1.54, 1.807) is 0 Å². The third-order valence-electron chi connectivity index (χ3n) is 1.53. The van der Waals surface area contributed by atoms with E-state index in [9.17, 15) is 0 Å². The molecule has 0 atom stereocenters. The minimum atomic E-state index is 1.04. The van der Waals surface area contributed by atoms with Gasteiger partial charge in [-0.2, -0.15) is 0 Å². The van der Waals surface area contributed by atoms with Crippen LogP contribution in [0.2, 0.25) is 0 Å². The summed E-state index contributed by atoms with van der Waals surface area (Å²) in [5.41, 5.74) is 0. The van der Waals surface area contributed by atoms with Gasteiger partial charge in [-0.1, -0.05) is 38.7 Å². The molecule has 58 valence electrons. The van der Waals surface area contributed by atoms with E-state index in [4.69, 9.17) is 0 Å². The third-order valence-corrected chi connectivity index (χ3v) is 1.53. The normalized spacial score (nSPS) is 11.1. The van der Waals surface area contributed by atoms with Crippen molar-refractivity contribution < 1.29 is 0 Å². The molecule has 0 saturated heterocycles. The molecule has 0 aromatic rings. The second-order valence-electron chi connectivity index (χ2n) is 2.15. The van der Waals surface area contributed by atoms with Crippen molar-refractivity contribution >= 4 is 0 Å². The zero-order valence-corrected chi connectivity index (χ0v) is 7.01. The summed E-state index contributed by atoms with van der Waals surface area (Å²) in [7, 11) is 0. The second kappa shape index (κ2) is 6.56. The Bertz CT molecular complexity index is 101. The maximum absolute atomic E-state index is 3.60. The molecule has 0 unspecified atom stereocenters.